The number of fused-ring (bicyclic) bond motifs is 7. The molecule has 2 N–H and O–H groups in total. The number of alkyl halides is 3. The molecule has 3 aliphatic rings. The Hall–Kier alpha value is -3.47. The summed E-state index contributed by atoms with van der Waals surface area (Å²) in [5.74, 6) is -1.31. The molecular formula is C23H18F4N4O3. The van der Waals surface area contributed by atoms with E-state index in [1.807, 2.05) is 0 Å². The van der Waals surface area contributed by atoms with Crippen molar-refractivity contribution in [1.82, 2.24) is 14.9 Å². The van der Waals surface area contributed by atoms with E-state index < -0.39 is 35.6 Å². The number of nitrogens with zero attached hydrogens (tertiary/aromatic N) is 3. The normalized spacial score (nSPS) is 21.2. The van der Waals surface area contributed by atoms with Crippen LogP contribution in [0.4, 0.5) is 23.4 Å². The van der Waals surface area contributed by atoms with Gasteiger partial charge in [0.1, 0.15) is 29.2 Å². The van der Waals surface area contributed by atoms with Crippen LogP contribution in [-0.2, 0) is 24.1 Å². The van der Waals surface area contributed by atoms with Crippen molar-refractivity contribution in [3.05, 3.63) is 58.2 Å². The lowest BCUT2D eigenvalue weighted by molar-refractivity contribution is -0.138. The number of hydrogen-bond donors (Lipinski definition) is 1. The highest BCUT2D eigenvalue weighted by Crippen LogP contribution is 2.46. The number of nitrogen functional groups attached to an aromatic ring is 1. The van der Waals surface area contributed by atoms with Crippen LogP contribution in [-0.4, -0.2) is 33.4 Å². The number of carbonyl (C=O) groups is 1. The smallest absolute Gasteiger partial charge is 0.416 e. The van der Waals surface area contributed by atoms with Gasteiger partial charge in [-0.15, -0.1) is 0 Å². The topological polar surface area (TPSA) is 90.6 Å². The minimum atomic E-state index is -4.71. The molecule has 2 aromatic heterocycles. The third-order valence-corrected chi connectivity index (χ3v) is 6.70. The Morgan fingerprint density at radius 2 is 1.97 bits per heavy atom. The fourth-order valence-corrected chi connectivity index (χ4v) is 5.05. The third-order valence-electron chi connectivity index (χ3n) is 6.70. The van der Waals surface area contributed by atoms with E-state index in [1.54, 1.807) is 6.07 Å². The highest BCUT2D eigenvalue weighted by atomic mass is 19.4. The molecule has 1 fully saturated rings. The molecular weight excluding hydrogens is 456 g/mol. The van der Waals surface area contributed by atoms with E-state index in [1.165, 1.54) is 11.1 Å². The SMILES string of the molecule is Nc1nc2cnc(C(=O)N3CC[C@@H]4C[C@H]3c3c(F)cc(C(F)(F)F)cc3O4)cc2c2c1COC2. The van der Waals surface area contributed by atoms with Gasteiger partial charge in [-0.2, -0.15) is 13.2 Å². The number of amides is 1. The van der Waals surface area contributed by atoms with Gasteiger partial charge in [0.05, 0.1) is 42.1 Å². The number of benzene rings is 1. The van der Waals surface area contributed by atoms with Crippen LogP contribution >= 0.6 is 0 Å². The maximum absolute atomic E-state index is 14.9. The predicted molar refractivity (Wildman–Crippen MR) is 111 cm³/mol. The van der Waals surface area contributed by atoms with Crippen molar-refractivity contribution >= 4 is 22.6 Å². The number of ether oxygens (including phenoxy) is 2. The molecule has 5 heterocycles. The van der Waals surface area contributed by atoms with Crippen LogP contribution in [0.1, 0.15) is 51.6 Å². The first-order valence-corrected chi connectivity index (χ1v) is 10.7. The summed E-state index contributed by atoms with van der Waals surface area (Å²) in [7, 11) is 0. The number of rotatable bonds is 1. The fourth-order valence-electron chi connectivity index (χ4n) is 5.05. The van der Waals surface area contributed by atoms with Gasteiger partial charge in [0.2, 0.25) is 0 Å². The summed E-state index contributed by atoms with van der Waals surface area (Å²) in [6.45, 7) is 0.929. The molecule has 3 aromatic rings. The quantitative estimate of drug-likeness (QED) is 0.534. The number of carbonyl (C=O) groups excluding carboxylic acids is 1. The lowest BCUT2D eigenvalue weighted by Crippen LogP contribution is -2.47. The van der Waals surface area contributed by atoms with Crippen LogP contribution in [0.5, 0.6) is 5.75 Å². The zero-order valence-corrected chi connectivity index (χ0v) is 17.7. The van der Waals surface area contributed by atoms with Crippen LogP contribution in [0, 0.1) is 5.82 Å². The average molecular weight is 474 g/mol. The van der Waals surface area contributed by atoms with Gasteiger partial charge in [0, 0.05) is 30.3 Å². The Labute approximate surface area is 190 Å². The van der Waals surface area contributed by atoms with Crippen LogP contribution in [0.15, 0.2) is 24.4 Å². The van der Waals surface area contributed by atoms with E-state index >= 15 is 0 Å². The van der Waals surface area contributed by atoms with Gasteiger partial charge in [0.15, 0.2) is 0 Å². The Bertz CT molecular complexity index is 1360. The van der Waals surface area contributed by atoms with Crippen molar-refractivity contribution in [2.45, 2.75) is 44.4 Å². The van der Waals surface area contributed by atoms with Gasteiger partial charge in [0.25, 0.3) is 5.91 Å². The van der Waals surface area contributed by atoms with E-state index in [0.29, 0.717) is 42.4 Å². The largest absolute Gasteiger partial charge is 0.490 e. The van der Waals surface area contributed by atoms with E-state index in [0.717, 1.165) is 17.2 Å². The number of aromatic nitrogens is 2. The zero-order chi connectivity index (χ0) is 23.8. The van der Waals surface area contributed by atoms with Gasteiger partial charge < -0.3 is 20.1 Å². The van der Waals surface area contributed by atoms with Crippen LogP contribution in [0.3, 0.4) is 0 Å². The molecule has 3 aliphatic heterocycles. The molecule has 6 rings (SSSR count). The molecule has 11 heteroatoms. The van der Waals surface area contributed by atoms with Crippen molar-refractivity contribution in [2.24, 2.45) is 0 Å². The molecule has 7 nitrogen and oxygen atoms in total. The van der Waals surface area contributed by atoms with Crippen molar-refractivity contribution in [2.75, 3.05) is 12.3 Å². The van der Waals surface area contributed by atoms with Gasteiger partial charge in [-0.3, -0.25) is 4.79 Å². The molecule has 176 valence electrons. The standard InChI is InChI=1S/C23H18F4N4O3/c24-15-3-10(23(25,26)27)4-19-20(15)18-5-11(34-19)1-2-31(18)22(32)16-6-12-13-8-33-9-14(13)21(28)30-17(12)7-29-16/h3-4,6-7,11,18H,1-2,5,8-9H2,(H2,28,30)/t11-,18+/m1/s1. The van der Waals surface area contributed by atoms with Crippen molar-refractivity contribution in [3.63, 3.8) is 0 Å². The second kappa shape index (κ2) is 7.26. The number of halogens is 4. The summed E-state index contributed by atoms with van der Waals surface area (Å²) in [6.07, 6.45) is -2.96. The Morgan fingerprint density at radius 3 is 2.76 bits per heavy atom. The first kappa shape index (κ1) is 21.1. The zero-order valence-electron chi connectivity index (χ0n) is 17.7. The average Bonchev–Trinajstić information content (AvgIpc) is 3.29. The predicted octanol–water partition coefficient (Wildman–Crippen LogP) is 4.14. The highest BCUT2D eigenvalue weighted by Gasteiger charge is 2.43. The molecule has 2 atom stereocenters. The lowest BCUT2D eigenvalue weighted by atomic mass is 9.88. The number of nitrogens with two attached hydrogens (primary N) is 1. The molecule has 0 unspecified atom stereocenters. The first-order valence-electron chi connectivity index (χ1n) is 10.7. The van der Waals surface area contributed by atoms with E-state index in [4.69, 9.17) is 15.2 Å². The number of hydrogen-bond acceptors (Lipinski definition) is 6. The van der Waals surface area contributed by atoms with Crippen LogP contribution in [0.25, 0.3) is 10.9 Å². The third kappa shape index (κ3) is 3.17. The Morgan fingerprint density at radius 1 is 1.18 bits per heavy atom. The number of anilines is 1. The van der Waals surface area contributed by atoms with Crippen LogP contribution < -0.4 is 10.5 Å². The molecule has 34 heavy (non-hydrogen) atoms. The second-order valence-corrected chi connectivity index (χ2v) is 8.68. The maximum atomic E-state index is 14.9. The van der Waals surface area contributed by atoms with E-state index in [2.05, 4.69) is 9.97 Å². The maximum Gasteiger partial charge on any atom is 0.416 e. The Kier molecular flexibility index (Phi) is 4.50. The molecule has 1 saturated heterocycles. The molecule has 2 bridgehead atoms. The summed E-state index contributed by atoms with van der Waals surface area (Å²) in [5, 5.41) is 0.698. The summed E-state index contributed by atoms with van der Waals surface area (Å²) >= 11 is 0. The van der Waals surface area contributed by atoms with Crippen molar-refractivity contribution < 1.29 is 31.8 Å². The molecule has 0 saturated carbocycles. The summed E-state index contributed by atoms with van der Waals surface area (Å²) in [6, 6.07) is 2.12. The first-order chi connectivity index (χ1) is 16.2. The summed E-state index contributed by atoms with van der Waals surface area (Å²) in [5.41, 5.74) is 7.11. The molecule has 1 amide bonds. The minimum Gasteiger partial charge on any atom is -0.490 e. The minimum absolute atomic E-state index is 0.0400. The number of likely N-dealkylation sites (tertiary alicyclic amines) is 1. The number of piperidine rings is 1. The summed E-state index contributed by atoms with van der Waals surface area (Å²) < 4.78 is 65.6. The van der Waals surface area contributed by atoms with Gasteiger partial charge in [-0.25, -0.2) is 14.4 Å². The van der Waals surface area contributed by atoms with Crippen molar-refractivity contribution in [3.8, 4) is 5.75 Å². The molecule has 0 radical (unpaired) electrons. The highest BCUT2D eigenvalue weighted by molar-refractivity contribution is 5.97. The fraction of sp³-hybridized carbons (Fsp3) is 0.348. The van der Waals surface area contributed by atoms with E-state index in [9.17, 15) is 22.4 Å². The molecule has 0 aliphatic carbocycles. The monoisotopic (exact) mass is 474 g/mol. The van der Waals surface area contributed by atoms with Gasteiger partial charge in [-0.1, -0.05) is 0 Å². The van der Waals surface area contributed by atoms with E-state index in [-0.39, 0.29) is 30.0 Å². The second-order valence-electron chi connectivity index (χ2n) is 8.68. The van der Waals surface area contributed by atoms with Crippen LogP contribution in [0.2, 0.25) is 0 Å². The van der Waals surface area contributed by atoms with Gasteiger partial charge in [-0.05, 0) is 23.8 Å². The molecule has 1 aromatic carbocycles. The Balaban J connectivity index is 1.40. The number of pyridine rings is 2. The summed E-state index contributed by atoms with van der Waals surface area (Å²) in [4.78, 5) is 23.6. The van der Waals surface area contributed by atoms with Crippen molar-refractivity contribution in [1.29, 1.82) is 0 Å². The molecule has 0 spiro atoms. The lowest BCUT2D eigenvalue weighted by Gasteiger charge is -2.44. The van der Waals surface area contributed by atoms with Gasteiger partial charge >= 0.3 is 6.18 Å².